The molecule has 0 bridgehead atoms. The van der Waals surface area contributed by atoms with Crippen molar-refractivity contribution >= 4 is 5.91 Å². The van der Waals surface area contributed by atoms with Crippen LogP contribution in [0.4, 0.5) is 4.39 Å². The van der Waals surface area contributed by atoms with Gasteiger partial charge in [0, 0.05) is 18.7 Å². The van der Waals surface area contributed by atoms with Gasteiger partial charge in [-0.25, -0.2) is 4.39 Å². The quantitative estimate of drug-likeness (QED) is 0.806. The minimum Gasteiger partial charge on any atom is -0.342 e. The van der Waals surface area contributed by atoms with Crippen molar-refractivity contribution in [2.24, 2.45) is 0 Å². The monoisotopic (exact) mass is 275 g/mol. The summed E-state index contributed by atoms with van der Waals surface area (Å²) in [4.78, 5) is 15.0. The summed E-state index contributed by atoms with van der Waals surface area (Å²) < 4.78 is 14.1. The van der Waals surface area contributed by atoms with E-state index in [4.69, 9.17) is 0 Å². The second-order valence-corrected chi connectivity index (χ2v) is 6.12. The fourth-order valence-corrected chi connectivity index (χ4v) is 3.55. The molecule has 2 aliphatic rings. The van der Waals surface area contributed by atoms with Crippen molar-refractivity contribution in [1.29, 1.82) is 0 Å². The average Bonchev–Trinajstić information content (AvgIpc) is 2.68. The molecule has 1 aromatic carbocycles. The van der Waals surface area contributed by atoms with E-state index in [1.165, 1.54) is 18.9 Å². The molecular formula is C17H22FNO. The van der Waals surface area contributed by atoms with Gasteiger partial charge in [0.25, 0.3) is 0 Å². The van der Waals surface area contributed by atoms with Gasteiger partial charge in [0.15, 0.2) is 0 Å². The van der Waals surface area contributed by atoms with Gasteiger partial charge in [-0.05, 0) is 31.7 Å². The molecule has 0 spiro atoms. The van der Waals surface area contributed by atoms with Crippen molar-refractivity contribution < 1.29 is 9.18 Å². The predicted octanol–water partition coefficient (Wildman–Crippen LogP) is 3.65. The Hall–Kier alpha value is -1.38. The minimum atomic E-state index is -0.574. The molecule has 1 aliphatic heterocycles. The van der Waals surface area contributed by atoms with Crippen LogP contribution in [0, 0.1) is 5.82 Å². The maximum absolute atomic E-state index is 14.1. The lowest BCUT2D eigenvalue weighted by Crippen LogP contribution is -2.51. The third-order valence-electron chi connectivity index (χ3n) is 4.90. The second-order valence-electron chi connectivity index (χ2n) is 6.12. The Balaban J connectivity index is 1.88. The van der Waals surface area contributed by atoms with Gasteiger partial charge in [-0.15, -0.1) is 0 Å². The first-order chi connectivity index (χ1) is 9.74. The van der Waals surface area contributed by atoms with Crippen molar-refractivity contribution in [1.82, 2.24) is 4.90 Å². The lowest BCUT2D eigenvalue weighted by molar-refractivity contribution is -0.141. The lowest BCUT2D eigenvalue weighted by Gasteiger charge is -2.44. The van der Waals surface area contributed by atoms with Crippen LogP contribution in [0.3, 0.4) is 0 Å². The van der Waals surface area contributed by atoms with Crippen molar-refractivity contribution in [2.45, 2.75) is 50.4 Å². The molecule has 1 aromatic rings. The zero-order valence-corrected chi connectivity index (χ0v) is 11.9. The molecule has 0 N–H and O–H groups in total. The first kappa shape index (κ1) is 13.6. The van der Waals surface area contributed by atoms with Gasteiger partial charge in [0.05, 0.1) is 5.41 Å². The Morgan fingerprint density at radius 3 is 2.20 bits per heavy atom. The van der Waals surface area contributed by atoms with Crippen LogP contribution < -0.4 is 0 Å². The molecule has 3 rings (SSSR count). The number of halogens is 1. The summed E-state index contributed by atoms with van der Waals surface area (Å²) in [6, 6.07) is 6.81. The maximum atomic E-state index is 14.1. The second kappa shape index (κ2) is 5.55. The summed E-state index contributed by atoms with van der Waals surface area (Å²) in [7, 11) is 0. The summed E-state index contributed by atoms with van der Waals surface area (Å²) in [5.74, 6) is -0.0638. The van der Waals surface area contributed by atoms with Gasteiger partial charge < -0.3 is 4.90 Å². The molecule has 1 aliphatic carbocycles. The lowest BCUT2D eigenvalue weighted by atomic mass is 9.63. The molecule has 3 heteroatoms. The smallest absolute Gasteiger partial charge is 0.233 e. The normalized spacial score (nSPS) is 21.9. The molecule has 0 aromatic heterocycles. The molecule has 1 saturated carbocycles. The van der Waals surface area contributed by atoms with E-state index in [1.807, 2.05) is 11.0 Å². The number of likely N-dealkylation sites (tertiary alicyclic amines) is 1. The fourth-order valence-electron chi connectivity index (χ4n) is 3.55. The van der Waals surface area contributed by atoms with Crippen LogP contribution >= 0.6 is 0 Å². The summed E-state index contributed by atoms with van der Waals surface area (Å²) in [5, 5.41) is 0. The number of rotatable bonds is 2. The van der Waals surface area contributed by atoms with Crippen LogP contribution in [0.25, 0.3) is 0 Å². The van der Waals surface area contributed by atoms with Gasteiger partial charge >= 0.3 is 0 Å². The Bertz CT molecular complexity index is 488. The number of benzene rings is 1. The molecule has 20 heavy (non-hydrogen) atoms. The largest absolute Gasteiger partial charge is 0.342 e. The van der Waals surface area contributed by atoms with E-state index in [0.29, 0.717) is 5.56 Å². The van der Waals surface area contributed by atoms with Crippen LogP contribution in [0.2, 0.25) is 0 Å². The fraction of sp³-hybridized carbons (Fsp3) is 0.588. The van der Waals surface area contributed by atoms with Crippen molar-refractivity contribution in [2.75, 3.05) is 13.1 Å². The summed E-state index contributed by atoms with van der Waals surface area (Å²) >= 11 is 0. The average molecular weight is 275 g/mol. The van der Waals surface area contributed by atoms with Crippen LogP contribution in [0.15, 0.2) is 24.3 Å². The van der Waals surface area contributed by atoms with Crippen LogP contribution in [-0.4, -0.2) is 23.9 Å². The first-order valence-electron chi connectivity index (χ1n) is 7.78. The summed E-state index contributed by atoms with van der Waals surface area (Å²) in [6.07, 6.45) is 7.19. The standard InChI is InChI=1S/C17H22FNO/c18-15-9-4-3-8-14(15)17(10-7-11-17)16(20)19-12-5-1-2-6-13-19/h3-4,8-9H,1-2,5-7,10-13H2. The summed E-state index contributed by atoms with van der Waals surface area (Å²) in [6.45, 7) is 1.68. The molecule has 2 fully saturated rings. The molecular weight excluding hydrogens is 253 g/mol. The summed E-state index contributed by atoms with van der Waals surface area (Å²) in [5.41, 5.74) is 0.0378. The third-order valence-corrected chi connectivity index (χ3v) is 4.90. The van der Waals surface area contributed by atoms with Crippen molar-refractivity contribution in [3.05, 3.63) is 35.6 Å². The highest BCUT2D eigenvalue weighted by molar-refractivity contribution is 5.89. The van der Waals surface area contributed by atoms with E-state index in [2.05, 4.69) is 0 Å². The molecule has 1 amide bonds. The number of amides is 1. The van der Waals surface area contributed by atoms with E-state index in [9.17, 15) is 9.18 Å². The topological polar surface area (TPSA) is 20.3 Å². The highest BCUT2D eigenvalue weighted by atomic mass is 19.1. The van der Waals surface area contributed by atoms with Crippen LogP contribution in [-0.2, 0) is 10.2 Å². The Morgan fingerprint density at radius 2 is 1.65 bits per heavy atom. The van der Waals surface area contributed by atoms with E-state index in [0.717, 1.165) is 45.2 Å². The molecule has 0 radical (unpaired) electrons. The highest BCUT2D eigenvalue weighted by Crippen LogP contribution is 2.46. The molecule has 2 nitrogen and oxygen atoms in total. The zero-order chi connectivity index (χ0) is 14.0. The first-order valence-corrected chi connectivity index (χ1v) is 7.78. The van der Waals surface area contributed by atoms with Gasteiger partial charge in [-0.1, -0.05) is 37.5 Å². The highest BCUT2D eigenvalue weighted by Gasteiger charge is 2.48. The predicted molar refractivity (Wildman–Crippen MR) is 77.0 cm³/mol. The Labute approximate surface area is 120 Å². The van der Waals surface area contributed by atoms with Crippen LogP contribution in [0.5, 0.6) is 0 Å². The number of hydrogen-bond donors (Lipinski definition) is 0. The minimum absolute atomic E-state index is 0.163. The van der Waals surface area contributed by atoms with E-state index in [-0.39, 0.29) is 11.7 Å². The van der Waals surface area contributed by atoms with Gasteiger partial charge in [0.1, 0.15) is 5.82 Å². The van der Waals surface area contributed by atoms with Gasteiger partial charge in [-0.3, -0.25) is 4.79 Å². The van der Waals surface area contributed by atoms with E-state index >= 15 is 0 Å². The number of hydrogen-bond acceptors (Lipinski definition) is 1. The number of carbonyl (C=O) groups is 1. The Kier molecular flexibility index (Phi) is 3.77. The van der Waals surface area contributed by atoms with Gasteiger partial charge in [0.2, 0.25) is 5.91 Å². The molecule has 1 saturated heterocycles. The van der Waals surface area contributed by atoms with E-state index in [1.54, 1.807) is 12.1 Å². The maximum Gasteiger partial charge on any atom is 0.233 e. The van der Waals surface area contributed by atoms with Crippen molar-refractivity contribution in [3.63, 3.8) is 0 Å². The molecule has 1 heterocycles. The van der Waals surface area contributed by atoms with Crippen LogP contribution in [0.1, 0.15) is 50.5 Å². The van der Waals surface area contributed by atoms with Gasteiger partial charge in [-0.2, -0.15) is 0 Å². The number of carbonyl (C=O) groups excluding carboxylic acids is 1. The molecule has 0 unspecified atom stereocenters. The number of nitrogens with zero attached hydrogens (tertiary/aromatic N) is 1. The zero-order valence-electron chi connectivity index (χ0n) is 11.9. The molecule has 0 atom stereocenters. The Morgan fingerprint density at radius 1 is 1.00 bits per heavy atom. The van der Waals surface area contributed by atoms with Crippen molar-refractivity contribution in [3.8, 4) is 0 Å². The SMILES string of the molecule is O=C(N1CCCCCC1)C1(c2ccccc2F)CCC1. The van der Waals surface area contributed by atoms with E-state index < -0.39 is 5.41 Å². The molecule has 108 valence electrons. The third kappa shape index (κ3) is 2.23.